The van der Waals surface area contributed by atoms with Crippen molar-refractivity contribution in [1.82, 2.24) is 0 Å². The van der Waals surface area contributed by atoms with E-state index in [1.807, 2.05) is 6.07 Å². The van der Waals surface area contributed by atoms with E-state index in [4.69, 9.17) is 5.73 Å². The summed E-state index contributed by atoms with van der Waals surface area (Å²) in [6.07, 6.45) is 2.66. The van der Waals surface area contributed by atoms with E-state index in [2.05, 4.69) is 50.9 Å². The van der Waals surface area contributed by atoms with Crippen molar-refractivity contribution in [3.8, 4) is 0 Å². The quantitative estimate of drug-likeness (QED) is 0.629. The Morgan fingerprint density at radius 1 is 1.22 bits per heavy atom. The van der Waals surface area contributed by atoms with Crippen molar-refractivity contribution < 1.29 is 0 Å². The molecular formula is C15H28N2P+. The van der Waals surface area contributed by atoms with Gasteiger partial charge in [-0.1, -0.05) is 0 Å². The SMILES string of the molecule is CCN(CCC[P+](C)(C)C)c1ccc(N)c(C)c1. The zero-order valence-corrected chi connectivity index (χ0v) is 13.4. The fourth-order valence-electron chi connectivity index (χ4n) is 2.06. The molecule has 2 N–H and O–H groups in total. The number of hydrogen-bond acceptors (Lipinski definition) is 2. The Kier molecular flexibility index (Phi) is 5.47. The summed E-state index contributed by atoms with van der Waals surface area (Å²) in [5.41, 5.74) is 9.24. The molecule has 0 spiro atoms. The third-order valence-electron chi connectivity index (χ3n) is 3.26. The first kappa shape index (κ1) is 15.3. The van der Waals surface area contributed by atoms with E-state index in [0.29, 0.717) is 0 Å². The molecule has 0 saturated heterocycles. The number of benzene rings is 1. The molecule has 0 aliphatic rings. The molecule has 0 heterocycles. The molecule has 0 saturated carbocycles. The molecule has 0 unspecified atom stereocenters. The number of anilines is 2. The smallest absolute Gasteiger partial charge is 0.0603 e. The van der Waals surface area contributed by atoms with Crippen LogP contribution in [0.5, 0.6) is 0 Å². The maximum atomic E-state index is 5.87. The van der Waals surface area contributed by atoms with E-state index in [1.54, 1.807) is 0 Å². The predicted octanol–water partition coefficient (Wildman–Crippen LogP) is 3.70. The van der Waals surface area contributed by atoms with Crippen LogP contribution < -0.4 is 10.6 Å². The van der Waals surface area contributed by atoms with E-state index in [-0.39, 0.29) is 0 Å². The maximum absolute atomic E-state index is 5.87. The lowest BCUT2D eigenvalue weighted by molar-refractivity contribution is 0.793. The third kappa shape index (κ3) is 4.86. The molecule has 1 aromatic carbocycles. The molecule has 1 aromatic rings. The van der Waals surface area contributed by atoms with Crippen molar-refractivity contribution >= 4 is 18.6 Å². The summed E-state index contributed by atoms with van der Waals surface area (Å²) in [4.78, 5) is 2.45. The van der Waals surface area contributed by atoms with Crippen LogP contribution in [0.25, 0.3) is 0 Å². The second-order valence-electron chi connectivity index (χ2n) is 5.99. The molecule has 3 heteroatoms. The van der Waals surface area contributed by atoms with Crippen LogP contribution in [0.1, 0.15) is 18.9 Å². The van der Waals surface area contributed by atoms with Gasteiger partial charge in [0.05, 0.1) is 6.16 Å². The second-order valence-corrected chi connectivity index (χ2v) is 11.0. The van der Waals surface area contributed by atoms with Gasteiger partial charge >= 0.3 is 0 Å². The molecule has 102 valence electrons. The van der Waals surface area contributed by atoms with Crippen LogP contribution in [0.3, 0.4) is 0 Å². The summed E-state index contributed by atoms with van der Waals surface area (Å²) in [6.45, 7) is 13.7. The lowest BCUT2D eigenvalue weighted by atomic mass is 10.1. The predicted molar refractivity (Wildman–Crippen MR) is 87.7 cm³/mol. The first-order chi connectivity index (χ1) is 8.33. The van der Waals surface area contributed by atoms with Gasteiger partial charge in [0.2, 0.25) is 0 Å². The van der Waals surface area contributed by atoms with Crippen LogP contribution in [-0.4, -0.2) is 39.2 Å². The zero-order chi connectivity index (χ0) is 13.8. The molecule has 0 aromatic heterocycles. The Morgan fingerprint density at radius 3 is 2.39 bits per heavy atom. The van der Waals surface area contributed by atoms with Crippen LogP contribution in [-0.2, 0) is 0 Å². The minimum Gasteiger partial charge on any atom is -0.399 e. The van der Waals surface area contributed by atoms with Crippen molar-refractivity contribution in [3.05, 3.63) is 23.8 Å². The highest BCUT2D eigenvalue weighted by atomic mass is 31.2. The van der Waals surface area contributed by atoms with Gasteiger partial charge in [0.1, 0.15) is 0 Å². The Balaban J connectivity index is 2.63. The normalized spacial score (nSPS) is 11.6. The van der Waals surface area contributed by atoms with Gasteiger partial charge in [0, 0.05) is 51.7 Å². The highest BCUT2D eigenvalue weighted by Gasteiger charge is 2.17. The largest absolute Gasteiger partial charge is 0.399 e. The number of hydrogen-bond donors (Lipinski definition) is 1. The lowest BCUT2D eigenvalue weighted by Crippen LogP contribution is -2.24. The minimum absolute atomic E-state index is 0.638. The van der Waals surface area contributed by atoms with E-state index < -0.39 is 7.26 Å². The summed E-state index contributed by atoms with van der Waals surface area (Å²) < 4.78 is 0. The molecule has 0 fully saturated rings. The highest BCUT2D eigenvalue weighted by molar-refractivity contribution is 7.73. The lowest BCUT2D eigenvalue weighted by Gasteiger charge is -2.24. The highest BCUT2D eigenvalue weighted by Crippen LogP contribution is 2.46. The van der Waals surface area contributed by atoms with Crippen molar-refractivity contribution in [1.29, 1.82) is 0 Å². The van der Waals surface area contributed by atoms with Crippen LogP contribution in [0.15, 0.2) is 18.2 Å². The van der Waals surface area contributed by atoms with E-state index in [9.17, 15) is 0 Å². The Labute approximate surface area is 113 Å². The van der Waals surface area contributed by atoms with Crippen LogP contribution in [0, 0.1) is 6.92 Å². The van der Waals surface area contributed by atoms with Gasteiger partial charge in [-0.15, -0.1) is 0 Å². The fourth-order valence-corrected chi connectivity index (χ4v) is 3.15. The Hall–Kier alpha value is -0.750. The minimum atomic E-state index is -0.638. The Morgan fingerprint density at radius 2 is 1.89 bits per heavy atom. The van der Waals surface area contributed by atoms with E-state index in [1.165, 1.54) is 23.8 Å². The first-order valence-corrected chi connectivity index (χ1v) is 10.1. The Bertz CT molecular complexity index is 383. The maximum Gasteiger partial charge on any atom is 0.0603 e. The van der Waals surface area contributed by atoms with Gasteiger partial charge < -0.3 is 10.6 Å². The first-order valence-electron chi connectivity index (χ1n) is 6.75. The van der Waals surface area contributed by atoms with Gasteiger partial charge in [-0.2, -0.15) is 0 Å². The molecule has 0 radical (unpaired) electrons. The number of nitrogens with two attached hydrogens (primary N) is 1. The van der Waals surface area contributed by atoms with Gasteiger partial charge in [0.25, 0.3) is 0 Å². The number of nitrogen functional groups attached to an aromatic ring is 1. The fraction of sp³-hybridized carbons (Fsp3) is 0.600. The number of nitrogens with zero attached hydrogens (tertiary/aromatic N) is 1. The molecule has 0 bridgehead atoms. The van der Waals surface area contributed by atoms with Crippen LogP contribution in [0.4, 0.5) is 11.4 Å². The molecule has 1 rings (SSSR count). The van der Waals surface area contributed by atoms with Crippen molar-refractivity contribution in [2.75, 3.05) is 49.9 Å². The van der Waals surface area contributed by atoms with Crippen LogP contribution >= 0.6 is 7.26 Å². The molecule has 2 nitrogen and oxygen atoms in total. The molecule has 0 aliphatic heterocycles. The summed E-state index contributed by atoms with van der Waals surface area (Å²) >= 11 is 0. The summed E-state index contributed by atoms with van der Waals surface area (Å²) in [7, 11) is -0.638. The average Bonchev–Trinajstić information content (AvgIpc) is 2.27. The molecule has 18 heavy (non-hydrogen) atoms. The topological polar surface area (TPSA) is 29.3 Å². The van der Waals surface area contributed by atoms with Gasteiger partial charge in [-0.3, -0.25) is 0 Å². The van der Waals surface area contributed by atoms with Crippen molar-refractivity contribution in [3.63, 3.8) is 0 Å². The van der Waals surface area contributed by atoms with Crippen molar-refractivity contribution in [2.45, 2.75) is 20.3 Å². The zero-order valence-electron chi connectivity index (χ0n) is 12.5. The van der Waals surface area contributed by atoms with E-state index >= 15 is 0 Å². The number of rotatable bonds is 6. The third-order valence-corrected chi connectivity index (χ3v) is 4.92. The standard InChI is InChI=1S/C15H28N2P/c1-6-17(10-7-11-18(3,4)5)14-8-9-15(16)13(2)12-14/h8-9,12H,6-7,10-11,16H2,1-5H3/q+1. The summed E-state index contributed by atoms with van der Waals surface area (Å²) in [5, 5.41) is 0. The van der Waals surface area contributed by atoms with E-state index in [0.717, 1.165) is 18.8 Å². The van der Waals surface area contributed by atoms with Gasteiger partial charge in [-0.05, 0) is 44.0 Å². The van der Waals surface area contributed by atoms with Gasteiger partial charge in [-0.25, -0.2) is 0 Å². The second kappa shape index (κ2) is 6.43. The molecule has 0 atom stereocenters. The molecule has 0 amide bonds. The van der Waals surface area contributed by atoms with Gasteiger partial charge in [0.15, 0.2) is 0 Å². The monoisotopic (exact) mass is 267 g/mol. The van der Waals surface area contributed by atoms with Crippen molar-refractivity contribution in [2.24, 2.45) is 0 Å². The molecule has 0 aliphatic carbocycles. The summed E-state index contributed by atoms with van der Waals surface area (Å²) in [5.74, 6) is 0. The molecular weight excluding hydrogens is 239 g/mol. The average molecular weight is 267 g/mol. The summed E-state index contributed by atoms with van der Waals surface area (Å²) in [6, 6.07) is 6.35. The van der Waals surface area contributed by atoms with Crippen LogP contribution in [0.2, 0.25) is 0 Å². The number of aryl methyl sites for hydroxylation is 1.